The fourth-order valence-electron chi connectivity index (χ4n) is 4.18. The van der Waals surface area contributed by atoms with E-state index in [9.17, 15) is 0 Å². The zero-order chi connectivity index (χ0) is 21.1. The largest absolute Gasteiger partial charge is 0.380 e. The van der Waals surface area contributed by atoms with Gasteiger partial charge in [-0.3, -0.25) is 0 Å². The second-order valence-electron chi connectivity index (χ2n) is 9.18. The number of ether oxygens (including phenoxy) is 1. The molecule has 0 aromatic carbocycles. The van der Waals surface area contributed by atoms with Crippen molar-refractivity contribution in [3.8, 4) is 0 Å². The van der Waals surface area contributed by atoms with E-state index in [4.69, 9.17) is 10.5 Å². The van der Waals surface area contributed by atoms with Crippen LogP contribution in [-0.2, 0) is 4.74 Å². The monoisotopic (exact) mass is 411 g/mol. The van der Waals surface area contributed by atoms with E-state index < -0.39 is 0 Å². The van der Waals surface area contributed by atoms with Gasteiger partial charge in [0.15, 0.2) is 0 Å². The summed E-state index contributed by atoms with van der Waals surface area (Å²) in [7, 11) is 0. The molecule has 0 amide bonds. The summed E-state index contributed by atoms with van der Waals surface area (Å²) in [5, 5.41) is 0. The van der Waals surface area contributed by atoms with Crippen molar-refractivity contribution in [3.05, 3.63) is 0 Å². The first kappa shape index (κ1) is 28.9. The molecule has 0 rings (SSSR count). The fourth-order valence-corrected chi connectivity index (χ4v) is 4.18. The van der Waals surface area contributed by atoms with Crippen molar-refractivity contribution in [2.24, 2.45) is 5.73 Å². The number of hydrogen-bond acceptors (Lipinski definition) is 2. The van der Waals surface area contributed by atoms with Gasteiger partial charge in [-0.25, -0.2) is 0 Å². The summed E-state index contributed by atoms with van der Waals surface area (Å²) in [6, 6.07) is 0. The number of hydrogen-bond donors (Lipinski definition) is 1. The standard InChI is InChI=1S/C27H57NO/c1-2-3-4-5-6-7-8-9-10-11-12-13-14-15-16-17-18-19-20-21-22-23-24-26-29-27-25-28/h2-28H2,1H3. The first-order valence-electron chi connectivity index (χ1n) is 13.7. The molecule has 0 spiro atoms. The van der Waals surface area contributed by atoms with Gasteiger partial charge in [0.05, 0.1) is 6.61 Å². The third-order valence-corrected chi connectivity index (χ3v) is 6.15. The van der Waals surface area contributed by atoms with Crippen molar-refractivity contribution in [3.63, 3.8) is 0 Å². The van der Waals surface area contributed by atoms with E-state index in [1.165, 1.54) is 148 Å². The van der Waals surface area contributed by atoms with E-state index in [-0.39, 0.29) is 0 Å². The van der Waals surface area contributed by atoms with Gasteiger partial charge in [0.25, 0.3) is 0 Å². The summed E-state index contributed by atoms with van der Waals surface area (Å²) < 4.78 is 5.40. The van der Waals surface area contributed by atoms with Crippen molar-refractivity contribution in [2.45, 2.75) is 155 Å². The summed E-state index contributed by atoms with van der Waals surface area (Å²) in [4.78, 5) is 0. The SMILES string of the molecule is CCCCCCCCCCCCCCCCCCCCCCCCCOCCN. The Balaban J connectivity index is 2.97. The molecule has 0 unspecified atom stereocenters. The van der Waals surface area contributed by atoms with Crippen LogP contribution >= 0.6 is 0 Å². The maximum atomic E-state index is 5.40. The first-order valence-corrected chi connectivity index (χ1v) is 13.7. The Bertz CT molecular complexity index is 243. The van der Waals surface area contributed by atoms with Crippen molar-refractivity contribution in [1.82, 2.24) is 0 Å². The number of nitrogens with two attached hydrogens (primary N) is 1. The molecular weight excluding hydrogens is 354 g/mol. The molecule has 0 bridgehead atoms. The molecule has 0 atom stereocenters. The summed E-state index contributed by atoms with van der Waals surface area (Å²) in [6.45, 7) is 4.57. The molecular formula is C27H57NO. The van der Waals surface area contributed by atoms with Gasteiger partial charge in [0.2, 0.25) is 0 Å². The molecule has 0 saturated heterocycles. The molecule has 0 radical (unpaired) electrons. The van der Waals surface area contributed by atoms with Crippen LogP contribution in [0.3, 0.4) is 0 Å². The van der Waals surface area contributed by atoms with Gasteiger partial charge in [0.1, 0.15) is 0 Å². The first-order chi connectivity index (χ1) is 14.4. The predicted molar refractivity (Wildman–Crippen MR) is 132 cm³/mol. The number of rotatable bonds is 26. The van der Waals surface area contributed by atoms with Crippen LogP contribution < -0.4 is 5.73 Å². The van der Waals surface area contributed by atoms with E-state index in [1.54, 1.807) is 0 Å². The third kappa shape index (κ3) is 27.9. The van der Waals surface area contributed by atoms with Crippen LogP contribution in [0.1, 0.15) is 155 Å². The van der Waals surface area contributed by atoms with E-state index in [2.05, 4.69) is 6.92 Å². The van der Waals surface area contributed by atoms with Crippen molar-refractivity contribution in [2.75, 3.05) is 19.8 Å². The van der Waals surface area contributed by atoms with Gasteiger partial charge in [-0.15, -0.1) is 0 Å². The van der Waals surface area contributed by atoms with Crippen molar-refractivity contribution in [1.29, 1.82) is 0 Å². The normalized spacial score (nSPS) is 11.4. The highest BCUT2D eigenvalue weighted by atomic mass is 16.5. The van der Waals surface area contributed by atoms with Crippen LogP contribution in [-0.4, -0.2) is 19.8 Å². The van der Waals surface area contributed by atoms with Crippen LogP contribution in [0.25, 0.3) is 0 Å². The molecule has 29 heavy (non-hydrogen) atoms. The molecule has 0 aromatic rings. The molecule has 0 heterocycles. The average molecular weight is 412 g/mol. The molecule has 0 fully saturated rings. The second-order valence-corrected chi connectivity index (χ2v) is 9.18. The molecule has 0 aliphatic carbocycles. The highest BCUT2D eigenvalue weighted by Gasteiger charge is 1.96. The summed E-state index contributed by atoms with van der Waals surface area (Å²) in [6.07, 6.45) is 33.1. The van der Waals surface area contributed by atoms with Gasteiger partial charge in [-0.1, -0.05) is 148 Å². The van der Waals surface area contributed by atoms with Crippen molar-refractivity contribution < 1.29 is 4.74 Å². The van der Waals surface area contributed by atoms with E-state index >= 15 is 0 Å². The zero-order valence-corrected chi connectivity index (χ0v) is 20.4. The topological polar surface area (TPSA) is 35.2 Å². The van der Waals surface area contributed by atoms with Gasteiger partial charge in [0, 0.05) is 13.2 Å². The maximum Gasteiger partial charge on any atom is 0.0588 e. The lowest BCUT2D eigenvalue weighted by atomic mass is 10.0. The Morgan fingerprint density at radius 1 is 0.379 bits per heavy atom. The quantitative estimate of drug-likeness (QED) is 0.144. The van der Waals surface area contributed by atoms with E-state index in [0.717, 1.165) is 13.2 Å². The molecule has 0 aliphatic heterocycles. The van der Waals surface area contributed by atoms with Crippen LogP contribution in [0, 0.1) is 0 Å². The summed E-state index contributed by atoms with van der Waals surface area (Å²) in [5.41, 5.74) is 5.40. The zero-order valence-electron chi connectivity index (χ0n) is 20.4. The van der Waals surface area contributed by atoms with Crippen LogP contribution in [0.4, 0.5) is 0 Å². The minimum atomic E-state index is 0.652. The Labute approximate surface area is 185 Å². The van der Waals surface area contributed by atoms with Crippen molar-refractivity contribution >= 4 is 0 Å². The molecule has 2 N–H and O–H groups in total. The molecule has 0 saturated carbocycles. The molecule has 0 aromatic heterocycles. The minimum Gasteiger partial charge on any atom is -0.380 e. The Morgan fingerprint density at radius 3 is 0.931 bits per heavy atom. The molecule has 176 valence electrons. The fraction of sp³-hybridized carbons (Fsp3) is 1.00. The smallest absolute Gasteiger partial charge is 0.0588 e. The van der Waals surface area contributed by atoms with Gasteiger partial charge in [-0.2, -0.15) is 0 Å². The predicted octanol–water partition coefficient (Wildman–Crippen LogP) is 8.95. The molecule has 2 heteroatoms. The average Bonchev–Trinajstić information content (AvgIpc) is 2.74. The summed E-state index contributed by atoms with van der Waals surface area (Å²) in [5.74, 6) is 0. The van der Waals surface area contributed by atoms with Crippen LogP contribution in [0.15, 0.2) is 0 Å². The Morgan fingerprint density at radius 2 is 0.655 bits per heavy atom. The molecule has 2 nitrogen and oxygen atoms in total. The van der Waals surface area contributed by atoms with Gasteiger partial charge >= 0.3 is 0 Å². The maximum absolute atomic E-state index is 5.40. The Hall–Kier alpha value is -0.0800. The second kappa shape index (κ2) is 27.9. The Kier molecular flexibility index (Phi) is 27.8. The van der Waals surface area contributed by atoms with E-state index in [1.807, 2.05) is 0 Å². The lowest BCUT2D eigenvalue weighted by molar-refractivity contribution is 0.137. The van der Waals surface area contributed by atoms with Crippen LogP contribution in [0.2, 0.25) is 0 Å². The highest BCUT2D eigenvalue weighted by Crippen LogP contribution is 2.15. The summed E-state index contributed by atoms with van der Waals surface area (Å²) >= 11 is 0. The lowest BCUT2D eigenvalue weighted by Gasteiger charge is -2.04. The highest BCUT2D eigenvalue weighted by molar-refractivity contribution is 4.51. The lowest BCUT2D eigenvalue weighted by Crippen LogP contribution is -2.08. The minimum absolute atomic E-state index is 0.652. The van der Waals surface area contributed by atoms with Crippen LogP contribution in [0.5, 0.6) is 0 Å². The van der Waals surface area contributed by atoms with Gasteiger partial charge in [-0.05, 0) is 6.42 Å². The van der Waals surface area contributed by atoms with Gasteiger partial charge < -0.3 is 10.5 Å². The molecule has 0 aliphatic rings. The third-order valence-electron chi connectivity index (χ3n) is 6.15. The number of unbranched alkanes of at least 4 members (excludes halogenated alkanes) is 22. The van der Waals surface area contributed by atoms with E-state index in [0.29, 0.717) is 6.54 Å².